The summed E-state index contributed by atoms with van der Waals surface area (Å²) in [6, 6.07) is 10.2. The second kappa shape index (κ2) is 8.42. The van der Waals surface area contributed by atoms with Crippen molar-refractivity contribution < 1.29 is 18.9 Å². The van der Waals surface area contributed by atoms with Crippen LogP contribution in [-0.4, -0.2) is 20.8 Å². The van der Waals surface area contributed by atoms with Crippen molar-refractivity contribution in [2.45, 2.75) is 0 Å². The van der Waals surface area contributed by atoms with E-state index in [0.29, 0.717) is 33.0 Å². The molecular formula is C17H14Cl2O4. The van der Waals surface area contributed by atoms with Gasteiger partial charge in [-0.15, -0.1) is 0 Å². The molecule has 2 rings (SSSR count). The van der Waals surface area contributed by atoms with E-state index in [1.807, 2.05) is 0 Å². The number of halogens is 2. The molecule has 0 atom stereocenters. The number of hydrogen-bond donors (Lipinski definition) is 0. The molecule has 0 saturated heterocycles. The SMILES string of the molecule is COc1ccc(OC#CCOc2ccc(OC)cc2Cl)c(Cl)c1. The molecule has 0 aliphatic heterocycles. The zero-order valence-corrected chi connectivity index (χ0v) is 14.1. The predicted octanol–water partition coefficient (Wildman–Crippen LogP) is 4.43. The monoisotopic (exact) mass is 352 g/mol. The second-order valence-corrected chi connectivity index (χ2v) is 5.08. The first-order valence-corrected chi connectivity index (χ1v) is 7.34. The molecule has 0 unspecified atom stereocenters. The van der Waals surface area contributed by atoms with Crippen LogP contribution in [-0.2, 0) is 0 Å². The zero-order valence-electron chi connectivity index (χ0n) is 12.6. The minimum Gasteiger partial charge on any atom is -0.497 e. The standard InChI is InChI=1S/C17H14Cl2O4/c1-20-12-4-6-16(14(18)10-12)22-8-3-9-23-17-7-5-13(21-2)11-15(17)19/h4-7,10-11H,8H2,1-2H3. The first-order chi connectivity index (χ1) is 11.1. The van der Waals surface area contributed by atoms with E-state index in [2.05, 4.69) is 12.0 Å². The maximum Gasteiger partial charge on any atom is 0.159 e. The van der Waals surface area contributed by atoms with Crippen molar-refractivity contribution in [3.63, 3.8) is 0 Å². The molecule has 2 aromatic carbocycles. The summed E-state index contributed by atoms with van der Waals surface area (Å²) in [5, 5.41) is 0.864. The summed E-state index contributed by atoms with van der Waals surface area (Å²) < 4.78 is 20.8. The lowest BCUT2D eigenvalue weighted by Gasteiger charge is -2.06. The lowest BCUT2D eigenvalue weighted by molar-refractivity contribution is 0.366. The van der Waals surface area contributed by atoms with Crippen molar-refractivity contribution >= 4 is 23.2 Å². The molecular weight excluding hydrogens is 339 g/mol. The molecule has 0 N–H and O–H groups in total. The Morgan fingerprint density at radius 3 is 1.96 bits per heavy atom. The Kier molecular flexibility index (Phi) is 6.28. The highest BCUT2D eigenvalue weighted by molar-refractivity contribution is 6.32. The summed E-state index contributed by atoms with van der Waals surface area (Å²) in [6.07, 6.45) is 2.52. The number of hydrogen-bond acceptors (Lipinski definition) is 4. The van der Waals surface area contributed by atoms with Gasteiger partial charge in [0.25, 0.3) is 0 Å². The van der Waals surface area contributed by atoms with Gasteiger partial charge in [0.1, 0.15) is 23.4 Å². The molecule has 0 radical (unpaired) electrons. The zero-order chi connectivity index (χ0) is 16.7. The Bertz CT molecular complexity index is 735. The summed E-state index contributed by atoms with van der Waals surface area (Å²) in [5.74, 6) is 4.99. The molecule has 2 aromatic rings. The molecule has 0 heterocycles. The smallest absolute Gasteiger partial charge is 0.159 e. The van der Waals surface area contributed by atoms with Crippen LogP contribution in [0.25, 0.3) is 0 Å². The van der Waals surface area contributed by atoms with E-state index in [1.54, 1.807) is 50.6 Å². The first-order valence-electron chi connectivity index (χ1n) is 6.58. The average Bonchev–Trinajstić information content (AvgIpc) is 2.56. The fourth-order valence-electron chi connectivity index (χ4n) is 1.65. The van der Waals surface area contributed by atoms with Crippen molar-refractivity contribution in [2.24, 2.45) is 0 Å². The quantitative estimate of drug-likeness (QED) is 0.746. The second-order valence-electron chi connectivity index (χ2n) is 4.26. The molecule has 0 bridgehead atoms. The van der Waals surface area contributed by atoms with Crippen molar-refractivity contribution in [1.29, 1.82) is 0 Å². The van der Waals surface area contributed by atoms with Crippen LogP contribution in [0.5, 0.6) is 23.0 Å². The van der Waals surface area contributed by atoms with Crippen LogP contribution in [0.15, 0.2) is 36.4 Å². The predicted molar refractivity (Wildman–Crippen MR) is 89.9 cm³/mol. The summed E-state index contributed by atoms with van der Waals surface area (Å²) >= 11 is 12.1. The maximum absolute atomic E-state index is 6.05. The van der Waals surface area contributed by atoms with Gasteiger partial charge in [0.15, 0.2) is 12.4 Å². The average molecular weight is 353 g/mol. The van der Waals surface area contributed by atoms with E-state index in [1.165, 1.54) is 0 Å². The van der Waals surface area contributed by atoms with Crippen LogP contribution >= 0.6 is 23.2 Å². The van der Waals surface area contributed by atoms with Gasteiger partial charge in [-0.1, -0.05) is 23.2 Å². The van der Waals surface area contributed by atoms with Crippen LogP contribution in [0.3, 0.4) is 0 Å². The van der Waals surface area contributed by atoms with E-state index in [4.69, 9.17) is 42.1 Å². The number of benzene rings is 2. The van der Waals surface area contributed by atoms with Gasteiger partial charge in [-0.2, -0.15) is 0 Å². The fraction of sp³-hybridized carbons (Fsp3) is 0.176. The lowest BCUT2D eigenvalue weighted by atomic mass is 10.3. The molecule has 6 heteroatoms. The topological polar surface area (TPSA) is 36.9 Å². The molecule has 4 nitrogen and oxygen atoms in total. The number of ether oxygens (including phenoxy) is 4. The van der Waals surface area contributed by atoms with Gasteiger partial charge in [0.2, 0.25) is 0 Å². The molecule has 0 saturated carbocycles. The van der Waals surface area contributed by atoms with Crippen LogP contribution in [0.2, 0.25) is 10.0 Å². The van der Waals surface area contributed by atoms with Gasteiger partial charge in [0, 0.05) is 12.1 Å². The van der Waals surface area contributed by atoms with Crippen LogP contribution in [0.1, 0.15) is 0 Å². The molecule has 0 spiro atoms. The minimum absolute atomic E-state index is 0.125. The molecule has 0 aromatic heterocycles. The first kappa shape index (κ1) is 17.1. The van der Waals surface area contributed by atoms with Gasteiger partial charge < -0.3 is 18.9 Å². The fourth-order valence-corrected chi connectivity index (χ4v) is 2.09. The van der Waals surface area contributed by atoms with Crippen molar-refractivity contribution in [3.05, 3.63) is 46.4 Å². The van der Waals surface area contributed by atoms with Crippen molar-refractivity contribution in [1.82, 2.24) is 0 Å². The van der Waals surface area contributed by atoms with Gasteiger partial charge in [0.05, 0.1) is 24.3 Å². The Hall–Kier alpha value is -2.22. The highest BCUT2D eigenvalue weighted by atomic mass is 35.5. The maximum atomic E-state index is 6.05. The molecule has 23 heavy (non-hydrogen) atoms. The van der Waals surface area contributed by atoms with Crippen LogP contribution in [0.4, 0.5) is 0 Å². The largest absolute Gasteiger partial charge is 0.497 e. The third kappa shape index (κ3) is 4.88. The van der Waals surface area contributed by atoms with Gasteiger partial charge in [-0.05, 0) is 30.2 Å². The van der Waals surface area contributed by atoms with Crippen LogP contribution < -0.4 is 18.9 Å². The molecule has 120 valence electrons. The Balaban J connectivity index is 1.89. The van der Waals surface area contributed by atoms with E-state index in [9.17, 15) is 0 Å². The highest BCUT2D eigenvalue weighted by Crippen LogP contribution is 2.29. The third-order valence-electron chi connectivity index (χ3n) is 2.81. The molecule has 0 amide bonds. The van der Waals surface area contributed by atoms with E-state index >= 15 is 0 Å². The van der Waals surface area contributed by atoms with E-state index in [-0.39, 0.29) is 6.61 Å². The summed E-state index contributed by atoms with van der Waals surface area (Å²) in [4.78, 5) is 0. The molecule has 0 aliphatic rings. The minimum atomic E-state index is 0.125. The number of rotatable bonds is 5. The summed E-state index contributed by atoms with van der Waals surface area (Å²) in [6.45, 7) is 0.125. The van der Waals surface area contributed by atoms with E-state index < -0.39 is 0 Å². The van der Waals surface area contributed by atoms with Gasteiger partial charge in [-0.25, -0.2) is 0 Å². The summed E-state index contributed by atoms with van der Waals surface area (Å²) in [5.41, 5.74) is 0. The lowest BCUT2D eigenvalue weighted by Crippen LogP contribution is -1.96. The molecule has 0 fully saturated rings. The van der Waals surface area contributed by atoms with E-state index in [0.717, 1.165) is 0 Å². The Labute approximate surface area is 144 Å². The Morgan fingerprint density at radius 1 is 0.870 bits per heavy atom. The molecule has 0 aliphatic carbocycles. The third-order valence-corrected chi connectivity index (χ3v) is 3.40. The highest BCUT2D eigenvalue weighted by Gasteiger charge is 2.03. The van der Waals surface area contributed by atoms with Crippen LogP contribution in [0, 0.1) is 12.0 Å². The van der Waals surface area contributed by atoms with Crippen molar-refractivity contribution in [2.75, 3.05) is 20.8 Å². The van der Waals surface area contributed by atoms with Gasteiger partial charge >= 0.3 is 0 Å². The summed E-state index contributed by atoms with van der Waals surface area (Å²) in [7, 11) is 3.13. The van der Waals surface area contributed by atoms with Crippen molar-refractivity contribution in [3.8, 4) is 35.0 Å². The number of methoxy groups -OCH3 is 2. The van der Waals surface area contributed by atoms with Gasteiger partial charge in [-0.3, -0.25) is 0 Å². The normalized spacial score (nSPS) is 9.57. The Morgan fingerprint density at radius 2 is 1.43 bits per heavy atom.